The van der Waals surface area contributed by atoms with Gasteiger partial charge in [0.15, 0.2) is 0 Å². The van der Waals surface area contributed by atoms with Gasteiger partial charge in [-0.15, -0.1) is 0 Å². The molecule has 0 amide bonds. The average molecular weight is 383 g/mol. The van der Waals surface area contributed by atoms with Crippen molar-refractivity contribution in [3.05, 3.63) is 96.1 Å². The van der Waals surface area contributed by atoms with Crippen LogP contribution in [-0.2, 0) is 13.0 Å². The van der Waals surface area contributed by atoms with Crippen molar-refractivity contribution < 1.29 is 0 Å². The second kappa shape index (κ2) is 5.73. The van der Waals surface area contributed by atoms with Crippen LogP contribution in [0.25, 0.3) is 54.5 Å². The molecule has 7 rings (SSSR count). The van der Waals surface area contributed by atoms with Crippen LogP contribution in [-0.4, -0.2) is 4.57 Å². The van der Waals surface area contributed by atoms with E-state index in [1.54, 1.807) is 0 Å². The van der Waals surface area contributed by atoms with Gasteiger partial charge < -0.3 is 4.57 Å². The van der Waals surface area contributed by atoms with Gasteiger partial charge in [0.1, 0.15) is 0 Å². The molecule has 30 heavy (non-hydrogen) atoms. The minimum absolute atomic E-state index is 0.976. The van der Waals surface area contributed by atoms with E-state index in [4.69, 9.17) is 0 Å². The molecule has 142 valence electrons. The first kappa shape index (κ1) is 16.2. The fourth-order valence-electron chi connectivity index (χ4n) is 5.83. The standard InChI is InChI=1S/C29H21N/c1-2-30-25-14-8-7-13-23(25)29-26(30)16-15-22-24-17-18-9-3-4-10-19(18)27(24)20-11-5-6-12-21(20)28(22)29/h3-16H,2,17H2,1H3. The smallest absolute Gasteiger partial charge is 0.0498 e. The summed E-state index contributed by atoms with van der Waals surface area (Å²) in [5, 5.41) is 8.34. The Hall–Kier alpha value is -3.58. The van der Waals surface area contributed by atoms with Crippen LogP contribution < -0.4 is 0 Å². The maximum Gasteiger partial charge on any atom is 0.0498 e. The van der Waals surface area contributed by atoms with Crippen LogP contribution >= 0.6 is 0 Å². The van der Waals surface area contributed by atoms with Crippen LogP contribution in [0.5, 0.6) is 0 Å². The molecule has 0 saturated carbocycles. The summed E-state index contributed by atoms with van der Waals surface area (Å²) < 4.78 is 2.46. The summed E-state index contributed by atoms with van der Waals surface area (Å²) >= 11 is 0. The number of benzene rings is 5. The van der Waals surface area contributed by atoms with E-state index in [0.29, 0.717) is 0 Å². The Morgan fingerprint density at radius 1 is 0.633 bits per heavy atom. The Labute approximate surface area is 175 Å². The molecule has 0 atom stereocenters. The molecule has 0 N–H and O–H groups in total. The van der Waals surface area contributed by atoms with E-state index in [2.05, 4.69) is 96.4 Å². The highest BCUT2D eigenvalue weighted by Crippen LogP contribution is 2.48. The van der Waals surface area contributed by atoms with E-state index >= 15 is 0 Å². The maximum absolute atomic E-state index is 2.46. The molecule has 1 heterocycles. The minimum Gasteiger partial charge on any atom is -0.341 e. The molecule has 0 radical (unpaired) electrons. The highest BCUT2D eigenvalue weighted by atomic mass is 15.0. The van der Waals surface area contributed by atoms with Gasteiger partial charge >= 0.3 is 0 Å². The summed E-state index contributed by atoms with van der Waals surface area (Å²) in [6.07, 6.45) is 1.02. The van der Waals surface area contributed by atoms with Crippen molar-refractivity contribution in [2.24, 2.45) is 0 Å². The monoisotopic (exact) mass is 383 g/mol. The summed E-state index contributed by atoms with van der Waals surface area (Å²) in [4.78, 5) is 0. The zero-order valence-electron chi connectivity index (χ0n) is 16.9. The average Bonchev–Trinajstić information content (AvgIpc) is 3.35. The van der Waals surface area contributed by atoms with Gasteiger partial charge in [0, 0.05) is 28.4 Å². The summed E-state index contributed by atoms with van der Waals surface area (Å²) in [7, 11) is 0. The van der Waals surface area contributed by atoms with Crippen molar-refractivity contribution in [1.29, 1.82) is 0 Å². The highest BCUT2D eigenvalue weighted by molar-refractivity contribution is 6.30. The van der Waals surface area contributed by atoms with E-state index in [-0.39, 0.29) is 0 Å². The van der Waals surface area contributed by atoms with Crippen molar-refractivity contribution in [1.82, 2.24) is 4.57 Å². The molecule has 0 unspecified atom stereocenters. The van der Waals surface area contributed by atoms with Crippen LogP contribution in [0.3, 0.4) is 0 Å². The zero-order valence-corrected chi connectivity index (χ0v) is 16.9. The summed E-state index contributed by atoms with van der Waals surface area (Å²) in [6, 6.07) is 31.5. The molecule has 1 aliphatic carbocycles. The molecule has 0 fully saturated rings. The Kier molecular flexibility index (Phi) is 3.10. The molecule has 1 aliphatic rings. The van der Waals surface area contributed by atoms with Crippen LogP contribution in [0.1, 0.15) is 18.1 Å². The zero-order chi connectivity index (χ0) is 19.8. The first-order chi connectivity index (χ1) is 14.9. The van der Waals surface area contributed by atoms with Gasteiger partial charge in [0.05, 0.1) is 0 Å². The molecule has 1 nitrogen and oxygen atoms in total. The van der Waals surface area contributed by atoms with Crippen molar-refractivity contribution in [3.8, 4) is 11.1 Å². The third-order valence-corrected chi connectivity index (χ3v) is 7.00. The number of hydrogen-bond donors (Lipinski definition) is 0. The van der Waals surface area contributed by atoms with E-state index in [1.807, 2.05) is 0 Å². The van der Waals surface area contributed by atoms with E-state index in [1.165, 1.54) is 65.6 Å². The fraction of sp³-hybridized carbons (Fsp3) is 0.103. The van der Waals surface area contributed by atoms with Gasteiger partial charge in [-0.3, -0.25) is 0 Å². The van der Waals surface area contributed by atoms with Crippen LogP contribution in [0.2, 0.25) is 0 Å². The van der Waals surface area contributed by atoms with Crippen LogP contribution in [0.4, 0.5) is 0 Å². The maximum atomic E-state index is 2.46. The molecular weight excluding hydrogens is 362 g/mol. The third-order valence-electron chi connectivity index (χ3n) is 7.00. The number of para-hydroxylation sites is 1. The highest BCUT2D eigenvalue weighted by Gasteiger charge is 2.25. The normalized spacial score (nSPS) is 12.8. The van der Waals surface area contributed by atoms with Crippen LogP contribution in [0, 0.1) is 0 Å². The molecule has 5 aromatic carbocycles. The molecule has 0 bridgehead atoms. The van der Waals surface area contributed by atoms with Crippen molar-refractivity contribution in [2.45, 2.75) is 19.9 Å². The van der Waals surface area contributed by atoms with Crippen LogP contribution in [0.15, 0.2) is 84.9 Å². The molecular formula is C29H21N. The van der Waals surface area contributed by atoms with Gasteiger partial charge in [-0.2, -0.15) is 0 Å². The Morgan fingerprint density at radius 3 is 2.23 bits per heavy atom. The topological polar surface area (TPSA) is 4.93 Å². The lowest BCUT2D eigenvalue weighted by atomic mass is 9.89. The summed E-state index contributed by atoms with van der Waals surface area (Å²) in [6.45, 7) is 3.22. The van der Waals surface area contributed by atoms with Crippen molar-refractivity contribution >= 4 is 43.4 Å². The lowest BCUT2D eigenvalue weighted by Gasteiger charge is -2.14. The van der Waals surface area contributed by atoms with Gasteiger partial charge in [0.25, 0.3) is 0 Å². The first-order valence-electron chi connectivity index (χ1n) is 10.8. The predicted octanol–water partition coefficient (Wildman–Crippen LogP) is 7.69. The van der Waals surface area contributed by atoms with Gasteiger partial charge in [0.2, 0.25) is 0 Å². The summed E-state index contributed by atoms with van der Waals surface area (Å²) in [5.41, 5.74) is 8.44. The molecule has 1 heteroatoms. The first-order valence-corrected chi connectivity index (χ1v) is 10.8. The van der Waals surface area contributed by atoms with Gasteiger partial charge in [-0.25, -0.2) is 0 Å². The fourth-order valence-corrected chi connectivity index (χ4v) is 5.83. The molecule has 6 aromatic rings. The van der Waals surface area contributed by atoms with Crippen molar-refractivity contribution in [3.63, 3.8) is 0 Å². The van der Waals surface area contributed by atoms with Gasteiger partial charge in [-0.1, -0.05) is 72.8 Å². The number of aryl methyl sites for hydroxylation is 1. The molecule has 0 spiro atoms. The Bertz CT molecular complexity index is 1650. The molecule has 0 saturated heterocycles. The SMILES string of the molecule is CCn1c2ccccc2c2c3c(ccc21)c1c(c2ccccc23)-c2ccccc2C1. The second-order valence-electron chi connectivity index (χ2n) is 8.38. The number of aromatic nitrogens is 1. The molecule has 0 aliphatic heterocycles. The summed E-state index contributed by atoms with van der Waals surface area (Å²) in [5.74, 6) is 0. The lowest BCUT2D eigenvalue weighted by Crippen LogP contribution is -1.93. The second-order valence-corrected chi connectivity index (χ2v) is 8.38. The number of fused-ring (bicyclic) bond motifs is 12. The van der Waals surface area contributed by atoms with Crippen molar-refractivity contribution in [2.75, 3.05) is 0 Å². The number of hydrogen-bond acceptors (Lipinski definition) is 0. The minimum atomic E-state index is 0.976. The van der Waals surface area contributed by atoms with E-state index < -0.39 is 0 Å². The number of rotatable bonds is 1. The number of nitrogens with zero attached hydrogens (tertiary/aromatic N) is 1. The van der Waals surface area contributed by atoms with E-state index in [9.17, 15) is 0 Å². The van der Waals surface area contributed by atoms with E-state index in [0.717, 1.165) is 13.0 Å². The lowest BCUT2D eigenvalue weighted by molar-refractivity contribution is 0.827. The Balaban J connectivity index is 1.79. The third kappa shape index (κ3) is 1.88. The quantitative estimate of drug-likeness (QED) is 0.256. The van der Waals surface area contributed by atoms with Gasteiger partial charge in [-0.05, 0) is 69.3 Å². The largest absolute Gasteiger partial charge is 0.341 e. The molecule has 1 aromatic heterocycles. The predicted molar refractivity (Wildman–Crippen MR) is 128 cm³/mol. The Morgan fingerprint density at radius 2 is 1.37 bits per heavy atom.